The zero-order chi connectivity index (χ0) is 15.6. The van der Waals surface area contributed by atoms with Gasteiger partial charge in [-0.25, -0.2) is 9.97 Å². The number of para-hydroxylation sites is 2. The highest BCUT2D eigenvalue weighted by Crippen LogP contribution is 2.30. The zero-order valence-electron chi connectivity index (χ0n) is 12.9. The van der Waals surface area contributed by atoms with E-state index < -0.39 is 0 Å². The molecular formula is C16H18N6O. The van der Waals surface area contributed by atoms with Crippen molar-refractivity contribution in [1.29, 1.82) is 0 Å². The molecule has 7 nitrogen and oxygen atoms in total. The number of hydrogen-bond donors (Lipinski definition) is 1. The second-order valence-corrected chi connectivity index (χ2v) is 5.47. The molecule has 0 spiro atoms. The second-order valence-electron chi connectivity index (χ2n) is 5.47. The first-order valence-electron chi connectivity index (χ1n) is 7.64. The van der Waals surface area contributed by atoms with E-state index >= 15 is 0 Å². The van der Waals surface area contributed by atoms with Crippen LogP contribution in [0, 0.1) is 0 Å². The van der Waals surface area contributed by atoms with Gasteiger partial charge in [0.15, 0.2) is 5.65 Å². The molecule has 0 bridgehead atoms. The smallest absolute Gasteiger partial charge is 0.163 e. The number of benzene rings is 1. The summed E-state index contributed by atoms with van der Waals surface area (Å²) in [6.45, 7) is 3.30. The van der Waals surface area contributed by atoms with Crippen molar-refractivity contribution in [3.05, 3.63) is 36.8 Å². The Morgan fingerprint density at radius 1 is 1.13 bits per heavy atom. The summed E-state index contributed by atoms with van der Waals surface area (Å²) in [5.41, 5.74) is 3.00. The topological polar surface area (TPSA) is 68.1 Å². The fourth-order valence-electron chi connectivity index (χ4n) is 2.85. The molecule has 1 saturated heterocycles. The summed E-state index contributed by atoms with van der Waals surface area (Å²) in [7, 11) is 1.88. The highest BCUT2D eigenvalue weighted by atomic mass is 16.5. The van der Waals surface area contributed by atoms with Crippen LogP contribution in [0.1, 0.15) is 0 Å². The van der Waals surface area contributed by atoms with Gasteiger partial charge < -0.3 is 15.0 Å². The summed E-state index contributed by atoms with van der Waals surface area (Å²) in [6.07, 6.45) is 3.35. The van der Waals surface area contributed by atoms with E-state index in [0.29, 0.717) is 0 Å². The number of fused-ring (bicyclic) bond motifs is 1. The molecule has 23 heavy (non-hydrogen) atoms. The lowest BCUT2D eigenvalue weighted by molar-refractivity contribution is 0.123. The predicted molar refractivity (Wildman–Crippen MR) is 89.1 cm³/mol. The van der Waals surface area contributed by atoms with E-state index in [1.165, 1.54) is 0 Å². The number of aromatic nitrogens is 4. The molecule has 1 N–H and O–H groups in total. The van der Waals surface area contributed by atoms with E-state index in [1.807, 2.05) is 13.1 Å². The van der Waals surface area contributed by atoms with Gasteiger partial charge in [0, 0.05) is 20.1 Å². The largest absolute Gasteiger partial charge is 0.378 e. The standard InChI is InChI=1S/C16H18N6O/c1-21-16-12(10-19-21)15(17-11-18-16)20-13-4-2-3-5-14(13)22-6-8-23-9-7-22/h2-5,10-11H,6-9H2,1H3,(H,17,18,20). The van der Waals surface area contributed by atoms with Crippen molar-refractivity contribution in [3.63, 3.8) is 0 Å². The van der Waals surface area contributed by atoms with Crippen LogP contribution in [0.5, 0.6) is 0 Å². The van der Waals surface area contributed by atoms with E-state index in [4.69, 9.17) is 4.74 Å². The molecule has 3 heterocycles. The first-order valence-corrected chi connectivity index (χ1v) is 7.64. The zero-order valence-corrected chi connectivity index (χ0v) is 12.9. The van der Waals surface area contributed by atoms with Crippen molar-refractivity contribution in [2.24, 2.45) is 7.05 Å². The van der Waals surface area contributed by atoms with E-state index in [1.54, 1.807) is 17.2 Å². The molecule has 1 aliphatic rings. The highest BCUT2D eigenvalue weighted by molar-refractivity contribution is 5.89. The average molecular weight is 310 g/mol. The molecule has 4 rings (SSSR count). The van der Waals surface area contributed by atoms with Gasteiger partial charge in [-0.2, -0.15) is 5.10 Å². The van der Waals surface area contributed by atoms with Crippen molar-refractivity contribution in [3.8, 4) is 0 Å². The van der Waals surface area contributed by atoms with Gasteiger partial charge in [-0.05, 0) is 12.1 Å². The van der Waals surface area contributed by atoms with Crippen LogP contribution in [-0.2, 0) is 11.8 Å². The SMILES string of the molecule is Cn1ncc2c(Nc3ccccc3N3CCOCC3)ncnc21. The van der Waals surface area contributed by atoms with E-state index in [-0.39, 0.29) is 0 Å². The Labute approximate surface area is 133 Å². The molecule has 0 aliphatic carbocycles. The van der Waals surface area contributed by atoms with Gasteiger partial charge in [0.25, 0.3) is 0 Å². The molecule has 3 aromatic rings. The summed E-state index contributed by atoms with van der Waals surface area (Å²) < 4.78 is 7.19. The van der Waals surface area contributed by atoms with Gasteiger partial charge in [0.1, 0.15) is 12.1 Å². The Morgan fingerprint density at radius 2 is 1.96 bits per heavy atom. The monoisotopic (exact) mass is 310 g/mol. The Morgan fingerprint density at radius 3 is 2.83 bits per heavy atom. The number of ether oxygens (including phenoxy) is 1. The van der Waals surface area contributed by atoms with Gasteiger partial charge in [-0.1, -0.05) is 12.1 Å². The van der Waals surface area contributed by atoms with Crippen LogP contribution in [0.15, 0.2) is 36.8 Å². The molecule has 0 unspecified atom stereocenters. The van der Waals surface area contributed by atoms with Crippen molar-refractivity contribution >= 4 is 28.2 Å². The third-order valence-electron chi connectivity index (χ3n) is 4.04. The van der Waals surface area contributed by atoms with Crippen molar-refractivity contribution < 1.29 is 4.74 Å². The second kappa shape index (κ2) is 5.85. The fourth-order valence-corrected chi connectivity index (χ4v) is 2.85. The Bertz CT molecular complexity index is 824. The molecule has 0 atom stereocenters. The van der Waals surface area contributed by atoms with Gasteiger partial charge in [-0.3, -0.25) is 4.68 Å². The van der Waals surface area contributed by atoms with Crippen LogP contribution < -0.4 is 10.2 Å². The normalized spacial score (nSPS) is 15.1. The molecule has 1 fully saturated rings. The number of morpholine rings is 1. The predicted octanol–water partition coefficient (Wildman–Crippen LogP) is 1.94. The van der Waals surface area contributed by atoms with Crippen LogP contribution in [0.4, 0.5) is 17.2 Å². The van der Waals surface area contributed by atoms with E-state index in [0.717, 1.165) is 54.5 Å². The van der Waals surface area contributed by atoms with Crippen LogP contribution >= 0.6 is 0 Å². The van der Waals surface area contributed by atoms with Crippen LogP contribution in [0.25, 0.3) is 11.0 Å². The number of nitrogens with zero attached hydrogens (tertiary/aromatic N) is 5. The first-order chi connectivity index (χ1) is 11.3. The number of anilines is 3. The summed E-state index contributed by atoms with van der Waals surface area (Å²) in [4.78, 5) is 11.0. The average Bonchev–Trinajstić information content (AvgIpc) is 2.99. The number of aryl methyl sites for hydroxylation is 1. The Kier molecular flexibility index (Phi) is 3.55. The minimum absolute atomic E-state index is 0.759. The lowest BCUT2D eigenvalue weighted by Crippen LogP contribution is -2.36. The van der Waals surface area contributed by atoms with Gasteiger partial charge >= 0.3 is 0 Å². The molecule has 0 saturated carbocycles. The maximum Gasteiger partial charge on any atom is 0.163 e. The minimum Gasteiger partial charge on any atom is -0.378 e. The number of hydrogen-bond acceptors (Lipinski definition) is 6. The van der Waals surface area contributed by atoms with Crippen LogP contribution in [-0.4, -0.2) is 46.1 Å². The lowest BCUT2D eigenvalue weighted by atomic mass is 10.2. The van der Waals surface area contributed by atoms with Crippen molar-refractivity contribution in [2.75, 3.05) is 36.5 Å². The summed E-state index contributed by atoms with van der Waals surface area (Å²) in [5.74, 6) is 0.767. The van der Waals surface area contributed by atoms with Crippen molar-refractivity contribution in [2.45, 2.75) is 0 Å². The summed E-state index contributed by atoms with van der Waals surface area (Å²) in [6, 6.07) is 8.26. The maximum absolute atomic E-state index is 5.45. The molecule has 0 amide bonds. The Hall–Kier alpha value is -2.67. The lowest BCUT2D eigenvalue weighted by Gasteiger charge is -2.30. The number of nitrogens with one attached hydrogen (secondary N) is 1. The fraction of sp³-hybridized carbons (Fsp3) is 0.312. The molecule has 2 aromatic heterocycles. The third-order valence-corrected chi connectivity index (χ3v) is 4.04. The molecule has 1 aliphatic heterocycles. The molecule has 7 heteroatoms. The van der Waals surface area contributed by atoms with E-state index in [2.05, 4.69) is 43.5 Å². The number of rotatable bonds is 3. The van der Waals surface area contributed by atoms with Crippen molar-refractivity contribution in [1.82, 2.24) is 19.7 Å². The molecular weight excluding hydrogens is 292 g/mol. The van der Waals surface area contributed by atoms with E-state index in [9.17, 15) is 0 Å². The van der Waals surface area contributed by atoms with Gasteiger partial charge in [0.05, 0.1) is 36.2 Å². The summed E-state index contributed by atoms with van der Waals surface area (Å²) >= 11 is 0. The third kappa shape index (κ3) is 2.59. The molecule has 118 valence electrons. The van der Waals surface area contributed by atoms with Gasteiger partial charge in [0.2, 0.25) is 0 Å². The Balaban J connectivity index is 1.71. The van der Waals surface area contributed by atoms with Crippen LogP contribution in [0.3, 0.4) is 0 Å². The maximum atomic E-state index is 5.45. The molecule has 1 aromatic carbocycles. The van der Waals surface area contributed by atoms with Gasteiger partial charge in [-0.15, -0.1) is 0 Å². The molecule has 0 radical (unpaired) electrons. The van der Waals surface area contributed by atoms with Crippen LogP contribution in [0.2, 0.25) is 0 Å². The summed E-state index contributed by atoms with van der Waals surface area (Å²) in [5, 5.41) is 8.61. The highest BCUT2D eigenvalue weighted by Gasteiger charge is 2.16. The minimum atomic E-state index is 0.759. The first kappa shape index (κ1) is 14.0. The quantitative estimate of drug-likeness (QED) is 0.797.